The molecule has 0 spiro atoms. The summed E-state index contributed by atoms with van der Waals surface area (Å²) in [6, 6.07) is 11.6. The number of hydrogen-bond acceptors (Lipinski definition) is 2. The van der Waals surface area contributed by atoms with Crippen LogP contribution in [0.25, 0.3) is 11.0 Å². The second kappa shape index (κ2) is 4.85. The third-order valence-electron chi connectivity index (χ3n) is 3.21. The molecule has 102 valence electrons. The molecule has 2 aromatic carbocycles. The van der Waals surface area contributed by atoms with Crippen LogP contribution >= 0.6 is 0 Å². The molecule has 0 unspecified atom stereocenters. The largest absolute Gasteiger partial charge is 0.494 e. The zero-order valence-corrected chi connectivity index (χ0v) is 10.9. The molecule has 5 heteroatoms. The summed E-state index contributed by atoms with van der Waals surface area (Å²) in [4.78, 5) is 14.8. The van der Waals surface area contributed by atoms with E-state index < -0.39 is 0 Å². The number of aromatic amines is 1. The van der Waals surface area contributed by atoms with E-state index in [4.69, 9.17) is 4.74 Å². The molecule has 1 aromatic heterocycles. The summed E-state index contributed by atoms with van der Waals surface area (Å²) in [6.07, 6.45) is 0. The monoisotopic (exact) mass is 272 g/mol. The second-order valence-corrected chi connectivity index (χ2v) is 4.50. The van der Waals surface area contributed by atoms with E-state index in [2.05, 4.69) is 4.98 Å². The number of ether oxygens (including phenoxy) is 1. The number of rotatable bonds is 3. The van der Waals surface area contributed by atoms with Gasteiger partial charge < -0.3 is 9.72 Å². The fourth-order valence-corrected chi connectivity index (χ4v) is 2.32. The highest BCUT2D eigenvalue weighted by atomic mass is 19.1. The Kier molecular flexibility index (Phi) is 3.02. The lowest BCUT2D eigenvalue weighted by Crippen LogP contribution is -2.17. The van der Waals surface area contributed by atoms with E-state index >= 15 is 0 Å². The lowest BCUT2D eigenvalue weighted by atomic mass is 10.2. The lowest BCUT2D eigenvalue weighted by molar-refractivity contribution is 0.417. The third-order valence-corrected chi connectivity index (χ3v) is 3.21. The van der Waals surface area contributed by atoms with Crippen molar-refractivity contribution in [2.45, 2.75) is 6.54 Å². The van der Waals surface area contributed by atoms with Gasteiger partial charge in [0.1, 0.15) is 17.1 Å². The molecule has 0 aliphatic carbocycles. The minimum absolute atomic E-state index is 0.242. The molecule has 3 aromatic rings. The second-order valence-electron chi connectivity index (χ2n) is 4.50. The minimum Gasteiger partial charge on any atom is -0.494 e. The Morgan fingerprint density at radius 3 is 2.80 bits per heavy atom. The standard InChI is InChI=1S/C15H13FN2O2/c1-20-13-7-3-6-12-14(13)18(15(19)17-12)9-10-4-2-5-11(16)8-10/h2-8H,9H2,1H3,(H,17,19). The number of para-hydroxylation sites is 1. The summed E-state index contributed by atoms with van der Waals surface area (Å²) in [5.74, 6) is 0.291. The van der Waals surface area contributed by atoms with E-state index in [-0.39, 0.29) is 18.1 Å². The van der Waals surface area contributed by atoms with Crippen molar-refractivity contribution in [1.82, 2.24) is 9.55 Å². The van der Waals surface area contributed by atoms with Gasteiger partial charge in [-0.3, -0.25) is 4.57 Å². The molecule has 0 radical (unpaired) electrons. The molecule has 20 heavy (non-hydrogen) atoms. The van der Waals surface area contributed by atoms with E-state index in [0.29, 0.717) is 16.8 Å². The number of methoxy groups -OCH3 is 1. The normalized spacial score (nSPS) is 10.9. The number of benzene rings is 2. The first-order valence-corrected chi connectivity index (χ1v) is 6.19. The maximum atomic E-state index is 13.2. The van der Waals surface area contributed by atoms with E-state index in [1.807, 2.05) is 6.07 Å². The van der Waals surface area contributed by atoms with Crippen LogP contribution in [-0.4, -0.2) is 16.7 Å². The fraction of sp³-hybridized carbons (Fsp3) is 0.133. The highest BCUT2D eigenvalue weighted by Crippen LogP contribution is 2.23. The first-order chi connectivity index (χ1) is 9.69. The Morgan fingerprint density at radius 1 is 1.25 bits per heavy atom. The smallest absolute Gasteiger partial charge is 0.326 e. The van der Waals surface area contributed by atoms with Gasteiger partial charge in [-0.05, 0) is 29.8 Å². The van der Waals surface area contributed by atoms with Gasteiger partial charge >= 0.3 is 5.69 Å². The number of nitrogens with zero attached hydrogens (tertiary/aromatic N) is 1. The van der Waals surface area contributed by atoms with Gasteiger partial charge in [-0.25, -0.2) is 9.18 Å². The summed E-state index contributed by atoms with van der Waals surface area (Å²) < 4.78 is 20.1. The molecular weight excluding hydrogens is 259 g/mol. The Bertz CT molecular complexity index is 820. The fourth-order valence-electron chi connectivity index (χ4n) is 2.32. The van der Waals surface area contributed by atoms with Crippen molar-refractivity contribution < 1.29 is 9.13 Å². The van der Waals surface area contributed by atoms with E-state index in [0.717, 1.165) is 5.56 Å². The van der Waals surface area contributed by atoms with Crippen LogP contribution in [0, 0.1) is 5.82 Å². The van der Waals surface area contributed by atoms with Crippen LogP contribution in [0.3, 0.4) is 0 Å². The molecular formula is C15H13FN2O2. The summed E-state index contributed by atoms with van der Waals surface area (Å²) in [6.45, 7) is 0.289. The Balaban J connectivity index is 2.16. The number of hydrogen-bond donors (Lipinski definition) is 1. The SMILES string of the molecule is COc1cccc2[nH]c(=O)n(Cc3cccc(F)c3)c12. The molecule has 3 rings (SSSR count). The predicted molar refractivity (Wildman–Crippen MR) is 74.6 cm³/mol. The average molecular weight is 272 g/mol. The first kappa shape index (κ1) is 12.5. The summed E-state index contributed by atoms with van der Waals surface area (Å²) >= 11 is 0. The number of fused-ring (bicyclic) bond motifs is 1. The van der Waals surface area contributed by atoms with Crippen LogP contribution in [0.2, 0.25) is 0 Å². The number of H-pyrrole nitrogens is 1. The maximum Gasteiger partial charge on any atom is 0.326 e. The number of aromatic nitrogens is 2. The van der Waals surface area contributed by atoms with Crippen molar-refractivity contribution in [2.24, 2.45) is 0 Å². The highest BCUT2D eigenvalue weighted by molar-refractivity contribution is 5.82. The van der Waals surface area contributed by atoms with Crippen LogP contribution in [-0.2, 0) is 6.54 Å². The van der Waals surface area contributed by atoms with E-state index in [9.17, 15) is 9.18 Å². The molecule has 0 amide bonds. The highest BCUT2D eigenvalue weighted by Gasteiger charge is 2.11. The lowest BCUT2D eigenvalue weighted by Gasteiger charge is -2.07. The van der Waals surface area contributed by atoms with Gasteiger partial charge in [0.05, 0.1) is 19.2 Å². The van der Waals surface area contributed by atoms with Crippen LogP contribution in [0.15, 0.2) is 47.3 Å². The molecule has 4 nitrogen and oxygen atoms in total. The van der Waals surface area contributed by atoms with Gasteiger partial charge in [-0.1, -0.05) is 18.2 Å². The molecule has 1 heterocycles. The Labute approximate surface area is 114 Å². The van der Waals surface area contributed by atoms with Gasteiger partial charge in [-0.15, -0.1) is 0 Å². The van der Waals surface area contributed by atoms with Gasteiger partial charge in [0.15, 0.2) is 0 Å². The molecule has 0 aliphatic rings. The van der Waals surface area contributed by atoms with Crippen molar-refractivity contribution in [1.29, 1.82) is 0 Å². The van der Waals surface area contributed by atoms with Crippen molar-refractivity contribution >= 4 is 11.0 Å². The molecule has 0 saturated heterocycles. The van der Waals surface area contributed by atoms with Crippen molar-refractivity contribution in [2.75, 3.05) is 7.11 Å². The van der Waals surface area contributed by atoms with Crippen molar-refractivity contribution in [3.05, 3.63) is 64.3 Å². The topological polar surface area (TPSA) is 47.0 Å². The van der Waals surface area contributed by atoms with Gasteiger partial charge in [0.2, 0.25) is 0 Å². The first-order valence-electron chi connectivity index (χ1n) is 6.19. The van der Waals surface area contributed by atoms with Crippen LogP contribution in [0.1, 0.15) is 5.56 Å². The maximum absolute atomic E-state index is 13.2. The molecule has 0 fully saturated rings. The molecule has 0 bridgehead atoms. The molecule has 0 aliphatic heterocycles. The van der Waals surface area contributed by atoms with Gasteiger partial charge in [0.25, 0.3) is 0 Å². The van der Waals surface area contributed by atoms with Crippen molar-refractivity contribution in [3.8, 4) is 5.75 Å². The van der Waals surface area contributed by atoms with E-state index in [1.54, 1.807) is 35.9 Å². The number of halogens is 1. The van der Waals surface area contributed by atoms with Crippen LogP contribution in [0.4, 0.5) is 4.39 Å². The van der Waals surface area contributed by atoms with Gasteiger partial charge in [-0.2, -0.15) is 0 Å². The number of nitrogens with one attached hydrogen (secondary N) is 1. The zero-order valence-electron chi connectivity index (χ0n) is 10.9. The average Bonchev–Trinajstić information content (AvgIpc) is 2.75. The van der Waals surface area contributed by atoms with E-state index in [1.165, 1.54) is 12.1 Å². The minimum atomic E-state index is -0.317. The van der Waals surface area contributed by atoms with Crippen LogP contribution < -0.4 is 10.4 Å². The predicted octanol–water partition coefficient (Wildman–Crippen LogP) is 2.53. The third kappa shape index (κ3) is 2.07. The molecule has 0 atom stereocenters. The molecule has 0 saturated carbocycles. The van der Waals surface area contributed by atoms with Crippen LogP contribution in [0.5, 0.6) is 5.75 Å². The zero-order chi connectivity index (χ0) is 14.1. The van der Waals surface area contributed by atoms with Crippen molar-refractivity contribution in [3.63, 3.8) is 0 Å². The Morgan fingerprint density at radius 2 is 2.05 bits per heavy atom. The summed E-state index contributed by atoms with van der Waals surface area (Å²) in [5, 5.41) is 0. The number of imidazole rings is 1. The summed E-state index contributed by atoms with van der Waals surface area (Å²) in [5.41, 5.74) is 1.86. The molecule has 1 N–H and O–H groups in total. The summed E-state index contributed by atoms with van der Waals surface area (Å²) in [7, 11) is 1.55. The van der Waals surface area contributed by atoms with Gasteiger partial charge in [0, 0.05) is 0 Å². The Hall–Kier alpha value is -2.56. The quantitative estimate of drug-likeness (QED) is 0.796.